The predicted molar refractivity (Wildman–Crippen MR) is 54.8 cm³/mol. The lowest BCUT2D eigenvalue weighted by molar-refractivity contribution is -0.142. The number of carbonyl (C=O) groups is 1. The van der Waals surface area contributed by atoms with Crippen LogP contribution in [0, 0.1) is 11.8 Å². The van der Waals surface area contributed by atoms with Crippen LogP contribution in [0.15, 0.2) is 12.7 Å². The normalized spacial score (nSPS) is 12.6. The van der Waals surface area contributed by atoms with Gasteiger partial charge in [-0.1, -0.05) is 19.9 Å². The van der Waals surface area contributed by atoms with Crippen LogP contribution in [-0.4, -0.2) is 18.5 Å². The Morgan fingerprint density at radius 1 is 1.62 bits per heavy atom. The van der Waals surface area contributed by atoms with Crippen molar-refractivity contribution in [2.45, 2.75) is 20.3 Å². The van der Waals surface area contributed by atoms with Gasteiger partial charge < -0.3 is 4.74 Å². The zero-order valence-electron chi connectivity index (χ0n) is 8.25. The zero-order chi connectivity index (χ0) is 10.3. The average Bonchev–Trinajstić information content (AvgIpc) is 2.11. The third kappa shape index (κ3) is 5.69. The molecule has 0 aromatic heterocycles. The largest absolute Gasteiger partial charge is 0.464 e. The Kier molecular flexibility index (Phi) is 6.69. The molecule has 1 atom stereocenters. The zero-order valence-corrected chi connectivity index (χ0v) is 9.01. The van der Waals surface area contributed by atoms with Crippen LogP contribution in [0.25, 0.3) is 0 Å². The van der Waals surface area contributed by atoms with Crippen LogP contribution >= 0.6 is 11.6 Å². The van der Waals surface area contributed by atoms with Gasteiger partial charge in [0.2, 0.25) is 0 Å². The van der Waals surface area contributed by atoms with Crippen molar-refractivity contribution < 1.29 is 9.53 Å². The molecule has 0 amide bonds. The summed E-state index contributed by atoms with van der Waals surface area (Å²) < 4.78 is 4.95. The lowest BCUT2D eigenvalue weighted by Crippen LogP contribution is -2.18. The lowest BCUT2D eigenvalue weighted by Gasteiger charge is -2.18. The molecule has 0 aliphatic heterocycles. The molecule has 0 aliphatic rings. The first-order valence-electron chi connectivity index (χ1n) is 4.44. The highest BCUT2D eigenvalue weighted by Crippen LogP contribution is 2.15. The Morgan fingerprint density at radius 2 is 2.23 bits per heavy atom. The smallest absolute Gasteiger partial charge is 0.320 e. The molecule has 0 heterocycles. The van der Waals surface area contributed by atoms with E-state index in [4.69, 9.17) is 16.3 Å². The van der Waals surface area contributed by atoms with Crippen molar-refractivity contribution in [1.82, 2.24) is 0 Å². The van der Waals surface area contributed by atoms with Crippen LogP contribution < -0.4 is 0 Å². The molecule has 76 valence electrons. The van der Waals surface area contributed by atoms with Gasteiger partial charge in [-0.2, -0.15) is 0 Å². The molecular formula is C10H17ClO2. The van der Waals surface area contributed by atoms with Crippen molar-refractivity contribution >= 4 is 17.6 Å². The van der Waals surface area contributed by atoms with Gasteiger partial charge in [0.1, 0.15) is 5.88 Å². The average molecular weight is 205 g/mol. The summed E-state index contributed by atoms with van der Waals surface area (Å²) in [7, 11) is 0. The monoisotopic (exact) mass is 204 g/mol. The number of esters is 1. The molecule has 0 spiro atoms. The summed E-state index contributed by atoms with van der Waals surface area (Å²) in [5.41, 5.74) is 0. The number of alkyl halides is 1. The van der Waals surface area contributed by atoms with Crippen molar-refractivity contribution in [1.29, 1.82) is 0 Å². The first kappa shape index (κ1) is 12.5. The van der Waals surface area contributed by atoms with Gasteiger partial charge in [0.15, 0.2) is 0 Å². The van der Waals surface area contributed by atoms with Gasteiger partial charge in [0.05, 0.1) is 6.61 Å². The fourth-order valence-corrected chi connectivity index (χ4v) is 1.06. The van der Waals surface area contributed by atoms with E-state index in [2.05, 4.69) is 20.4 Å². The number of ether oxygens (including phenoxy) is 1. The quantitative estimate of drug-likeness (QED) is 0.378. The maximum atomic E-state index is 10.8. The Bertz CT molecular complexity index is 166. The minimum absolute atomic E-state index is 0.0705. The van der Waals surface area contributed by atoms with Crippen LogP contribution in [0.3, 0.4) is 0 Å². The number of halogens is 1. The van der Waals surface area contributed by atoms with E-state index in [-0.39, 0.29) is 11.8 Å². The summed E-state index contributed by atoms with van der Waals surface area (Å²) in [6.07, 6.45) is 2.71. The highest BCUT2D eigenvalue weighted by Gasteiger charge is 2.13. The van der Waals surface area contributed by atoms with Crippen molar-refractivity contribution in [3.63, 3.8) is 0 Å². The fourth-order valence-electron chi connectivity index (χ4n) is 0.985. The van der Waals surface area contributed by atoms with Crippen molar-refractivity contribution in [3.8, 4) is 0 Å². The minimum atomic E-state index is -0.351. The van der Waals surface area contributed by atoms with Crippen LogP contribution in [0.4, 0.5) is 0 Å². The van der Waals surface area contributed by atoms with E-state index < -0.39 is 0 Å². The van der Waals surface area contributed by atoms with Crippen molar-refractivity contribution in [2.24, 2.45) is 11.8 Å². The number of hydrogen-bond donors (Lipinski definition) is 0. The summed E-state index contributed by atoms with van der Waals surface area (Å²) >= 11 is 5.30. The molecule has 0 aliphatic carbocycles. The third-order valence-electron chi connectivity index (χ3n) is 1.98. The van der Waals surface area contributed by atoms with Gasteiger partial charge in [0, 0.05) is 0 Å². The van der Waals surface area contributed by atoms with Gasteiger partial charge in [0.25, 0.3) is 0 Å². The molecule has 0 radical (unpaired) electrons. The Morgan fingerprint density at radius 3 is 2.62 bits per heavy atom. The number of allylic oxidation sites excluding steroid dienone is 1. The van der Waals surface area contributed by atoms with Crippen LogP contribution in [0.2, 0.25) is 0 Å². The second kappa shape index (κ2) is 6.96. The highest BCUT2D eigenvalue weighted by atomic mass is 35.5. The lowest BCUT2D eigenvalue weighted by atomic mass is 9.93. The van der Waals surface area contributed by atoms with Crippen molar-refractivity contribution in [3.05, 3.63) is 12.7 Å². The van der Waals surface area contributed by atoms with E-state index in [0.29, 0.717) is 18.4 Å². The molecule has 0 bridgehead atoms. The second-order valence-electron chi connectivity index (χ2n) is 3.35. The standard InChI is InChI=1S/C10H17ClO2/c1-4-5-9(8(2)3)7-13-10(12)6-11/h4,8-9H,1,5-7H2,2-3H3. The number of carbonyl (C=O) groups excluding carboxylic acids is 1. The van der Waals surface area contributed by atoms with E-state index in [1.54, 1.807) is 0 Å². The maximum Gasteiger partial charge on any atom is 0.320 e. The predicted octanol–water partition coefficient (Wildman–Crippen LogP) is 2.62. The SMILES string of the molecule is C=CCC(COC(=O)CCl)C(C)C. The van der Waals surface area contributed by atoms with Gasteiger partial charge in [-0.05, 0) is 18.3 Å². The van der Waals surface area contributed by atoms with Gasteiger partial charge in [-0.15, -0.1) is 18.2 Å². The van der Waals surface area contributed by atoms with Gasteiger partial charge in [-0.3, -0.25) is 4.79 Å². The van der Waals surface area contributed by atoms with Crippen molar-refractivity contribution in [2.75, 3.05) is 12.5 Å². The third-order valence-corrected chi connectivity index (χ3v) is 2.20. The molecule has 3 heteroatoms. The fraction of sp³-hybridized carbons (Fsp3) is 0.700. The van der Waals surface area contributed by atoms with Crippen LogP contribution in [-0.2, 0) is 9.53 Å². The Hall–Kier alpha value is -0.500. The van der Waals surface area contributed by atoms with E-state index >= 15 is 0 Å². The molecule has 0 aromatic rings. The first-order valence-corrected chi connectivity index (χ1v) is 4.97. The summed E-state index contributed by atoms with van der Waals surface area (Å²) in [5.74, 6) is 0.418. The second-order valence-corrected chi connectivity index (χ2v) is 3.61. The molecule has 0 saturated heterocycles. The van der Waals surface area contributed by atoms with Gasteiger partial charge in [-0.25, -0.2) is 0 Å². The van der Waals surface area contributed by atoms with E-state index in [0.717, 1.165) is 6.42 Å². The molecule has 0 saturated carbocycles. The van der Waals surface area contributed by atoms with Gasteiger partial charge >= 0.3 is 5.97 Å². The molecule has 0 fully saturated rings. The van der Waals surface area contributed by atoms with E-state index in [1.807, 2.05) is 6.08 Å². The Labute approximate surface area is 84.9 Å². The summed E-state index contributed by atoms with van der Waals surface area (Å²) in [4.78, 5) is 10.8. The van der Waals surface area contributed by atoms with E-state index in [1.165, 1.54) is 0 Å². The first-order chi connectivity index (χ1) is 6.11. The topological polar surface area (TPSA) is 26.3 Å². The molecule has 13 heavy (non-hydrogen) atoms. The highest BCUT2D eigenvalue weighted by molar-refractivity contribution is 6.26. The molecular weight excluding hydrogens is 188 g/mol. The Balaban J connectivity index is 3.81. The molecule has 2 nitrogen and oxygen atoms in total. The number of rotatable bonds is 6. The van der Waals surface area contributed by atoms with Crippen LogP contribution in [0.5, 0.6) is 0 Å². The maximum absolute atomic E-state index is 10.8. The summed E-state index contributed by atoms with van der Waals surface area (Å²) in [5, 5.41) is 0. The number of hydrogen-bond acceptors (Lipinski definition) is 2. The molecule has 0 N–H and O–H groups in total. The van der Waals surface area contributed by atoms with E-state index in [9.17, 15) is 4.79 Å². The van der Waals surface area contributed by atoms with Crippen LogP contribution in [0.1, 0.15) is 20.3 Å². The molecule has 0 aromatic carbocycles. The molecule has 0 rings (SSSR count). The summed E-state index contributed by atoms with van der Waals surface area (Å²) in [6.45, 7) is 8.30. The molecule has 1 unspecified atom stereocenters. The summed E-state index contributed by atoms with van der Waals surface area (Å²) in [6, 6.07) is 0. The minimum Gasteiger partial charge on any atom is -0.464 e.